The molecule has 1 aliphatic rings. The molecule has 0 heterocycles. The minimum atomic E-state index is 0.162. The van der Waals surface area contributed by atoms with Gasteiger partial charge in [0.2, 0.25) is 0 Å². The Morgan fingerprint density at radius 3 is 2.10 bits per heavy atom. The van der Waals surface area contributed by atoms with E-state index in [1.54, 1.807) is 21.3 Å². The molecule has 0 bridgehead atoms. The molecule has 21 heavy (non-hydrogen) atoms. The van der Waals surface area contributed by atoms with Crippen LogP contribution in [0.2, 0.25) is 0 Å². The standard InChI is InChI=1S/C17H27NO3/c1-17(2,3)18-10-11-7-12(11)13-8-15(20-5)16(21-6)9-14(13)19-4/h8-9,11-12,18H,7,10H2,1-6H3. The quantitative estimate of drug-likeness (QED) is 0.874. The van der Waals surface area contributed by atoms with Gasteiger partial charge in [-0.25, -0.2) is 0 Å². The lowest BCUT2D eigenvalue weighted by atomic mass is 10.1. The van der Waals surface area contributed by atoms with Crippen LogP contribution in [0.4, 0.5) is 0 Å². The van der Waals surface area contributed by atoms with E-state index in [1.807, 2.05) is 6.07 Å². The zero-order valence-corrected chi connectivity index (χ0v) is 13.9. The number of hydrogen-bond acceptors (Lipinski definition) is 4. The molecular formula is C17H27NO3. The molecule has 1 aromatic carbocycles. The highest BCUT2D eigenvalue weighted by molar-refractivity contribution is 5.53. The molecule has 0 radical (unpaired) electrons. The third-order valence-electron chi connectivity index (χ3n) is 3.95. The number of rotatable bonds is 6. The summed E-state index contributed by atoms with van der Waals surface area (Å²) < 4.78 is 16.3. The Balaban J connectivity index is 2.13. The predicted molar refractivity (Wildman–Crippen MR) is 84.7 cm³/mol. The Morgan fingerprint density at radius 2 is 1.57 bits per heavy atom. The van der Waals surface area contributed by atoms with E-state index in [-0.39, 0.29) is 5.54 Å². The smallest absolute Gasteiger partial charge is 0.164 e. The lowest BCUT2D eigenvalue weighted by Crippen LogP contribution is -2.37. The Labute approximate surface area is 127 Å². The zero-order valence-electron chi connectivity index (χ0n) is 13.9. The van der Waals surface area contributed by atoms with Gasteiger partial charge in [-0.1, -0.05) is 0 Å². The summed E-state index contributed by atoms with van der Waals surface area (Å²) in [5, 5.41) is 3.58. The van der Waals surface area contributed by atoms with Crippen molar-refractivity contribution in [2.45, 2.75) is 38.6 Å². The molecule has 0 amide bonds. The van der Waals surface area contributed by atoms with Crippen LogP contribution in [0.3, 0.4) is 0 Å². The van der Waals surface area contributed by atoms with E-state index in [0.29, 0.717) is 17.6 Å². The van der Waals surface area contributed by atoms with Crippen LogP contribution in [-0.2, 0) is 0 Å². The first-order chi connectivity index (χ1) is 9.89. The van der Waals surface area contributed by atoms with E-state index < -0.39 is 0 Å². The molecular weight excluding hydrogens is 266 g/mol. The van der Waals surface area contributed by atoms with Gasteiger partial charge < -0.3 is 19.5 Å². The maximum atomic E-state index is 5.53. The van der Waals surface area contributed by atoms with Gasteiger partial charge in [-0.2, -0.15) is 0 Å². The third-order valence-corrected chi connectivity index (χ3v) is 3.95. The molecule has 0 spiro atoms. The Kier molecular flexibility index (Phi) is 4.67. The van der Waals surface area contributed by atoms with Gasteiger partial charge in [0.15, 0.2) is 11.5 Å². The minimum Gasteiger partial charge on any atom is -0.496 e. The zero-order chi connectivity index (χ0) is 15.6. The Morgan fingerprint density at radius 1 is 1.00 bits per heavy atom. The van der Waals surface area contributed by atoms with Crippen LogP contribution in [0.15, 0.2) is 12.1 Å². The Hall–Kier alpha value is -1.42. The molecule has 1 aromatic rings. The van der Waals surface area contributed by atoms with Crippen LogP contribution >= 0.6 is 0 Å². The second-order valence-electron chi connectivity index (χ2n) is 6.68. The maximum absolute atomic E-state index is 5.53. The molecule has 1 saturated carbocycles. The Bertz CT molecular complexity index is 494. The van der Waals surface area contributed by atoms with Gasteiger partial charge >= 0.3 is 0 Å². The number of hydrogen-bond donors (Lipinski definition) is 1. The fourth-order valence-electron chi connectivity index (χ4n) is 2.63. The molecule has 1 aliphatic carbocycles. The molecule has 1 N–H and O–H groups in total. The summed E-state index contributed by atoms with van der Waals surface area (Å²) in [5.74, 6) is 3.56. The SMILES string of the molecule is COc1cc(OC)c(C2CC2CNC(C)(C)C)cc1OC. The number of methoxy groups -OCH3 is 3. The number of ether oxygens (including phenoxy) is 3. The first-order valence-electron chi connectivity index (χ1n) is 7.44. The molecule has 2 unspecified atom stereocenters. The highest BCUT2D eigenvalue weighted by Gasteiger charge is 2.40. The van der Waals surface area contributed by atoms with Gasteiger partial charge in [-0.3, -0.25) is 0 Å². The molecule has 0 saturated heterocycles. The summed E-state index contributed by atoms with van der Waals surface area (Å²) in [7, 11) is 5.01. The molecule has 2 rings (SSSR count). The van der Waals surface area contributed by atoms with E-state index in [2.05, 4.69) is 32.2 Å². The normalized spacial score (nSPS) is 21.0. The van der Waals surface area contributed by atoms with Crippen LogP contribution in [0.25, 0.3) is 0 Å². The monoisotopic (exact) mass is 293 g/mol. The molecule has 2 atom stereocenters. The summed E-state index contributed by atoms with van der Waals surface area (Å²) in [6.45, 7) is 7.62. The van der Waals surface area contributed by atoms with Crippen molar-refractivity contribution in [3.63, 3.8) is 0 Å². The number of benzene rings is 1. The molecule has 0 aromatic heterocycles. The first kappa shape index (κ1) is 16.0. The van der Waals surface area contributed by atoms with Gasteiger partial charge in [0.1, 0.15) is 5.75 Å². The summed E-state index contributed by atoms with van der Waals surface area (Å²) in [6, 6.07) is 3.97. The van der Waals surface area contributed by atoms with E-state index in [9.17, 15) is 0 Å². The third kappa shape index (κ3) is 3.82. The molecule has 118 valence electrons. The lowest BCUT2D eigenvalue weighted by molar-refractivity contribution is 0.347. The van der Waals surface area contributed by atoms with Crippen molar-refractivity contribution < 1.29 is 14.2 Å². The molecule has 1 fully saturated rings. The summed E-state index contributed by atoms with van der Waals surface area (Å²) in [4.78, 5) is 0. The van der Waals surface area contributed by atoms with Crippen molar-refractivity contribution in [2.75, 3.05) is 27.9 Å². The molecule has 4 nitrogen and oxygen atoms in total. The summed E-state index contributed by atoms with van der Waals surface area (Å²) in [5.41, 5.74) is 1.38. The van der Waals surface area contributed by atoms with E-state index in [1.165, 1.54) is 12.0 Å². The topological polar surface area (TPSA) is 39.7 Å². The van der Waals surface area contributed by atoms with Gasteiger partial charge in [0.05, 0.1) is 21.3 Å². The van der Waals surface area contributed by atoms with E-state index >= 15 is 0 Å². The van der Waals surface area contributed by atoms with Crippen LogP contribution in [0, 0.1) is 5.92 Å². The highest BCUT2D eigenvalue weighted by atomic mass is 16.5. The fraction of sp³-hybridized carbons (Fsp3) is 0.647. The second kappa shape index (κ2) is 6.14. The summed E-state index contributed by atoms with van der Waals surface area (Å²) in [6.07, 6.45) is 1.19. The highest BCUT2D eigenvalue weighted by Crippen LogP contribution is 2.52. The van der Waals surface area contributed by atoms with Crippen LogP contribution in [0.5, 0.6) is 17.2 Å². The van der Waals surface area contributed by atoms with Crippen molar-refractivity contribution in [2.24, 2.45) is 5.92 Å². The number of nitrogens with one attached hydrogen (secondary N) is 1. The average Bonchev–Trinajstić information content (AvgIpc) is 3.22. The van der Waals surface area contributed by atoms with Gasteiger partial charge in [-0.05, 0) is 51.6 Å². The van der Waals surface area contributed by atoms with Crippen molar-refractivity contribution in [3.05, 3.63) is 17.7 Å². The maximum Gasteiger partial charge on any atom is 0.164 e. The van der Waals surface area contributed by atoms with Gasteiger partial charge in [0, 0.05) is 17.2 Å². The van der Waals surface area contributed by atoms with Crippen molar-refractivity contribution in [1.29, 1.82) is 0 Å². The van der Waals surface area contributed by atoms with Gasteiger partial charge in [0.25, 0.3) is 0 Å². The summed E-state index contributed by atoms with van der Waals surface area (Å²) >= 11 is 0. The lowest BCUT2D eigenvalue weighted by Gasteiger charge is -2.20. The molecule has 4 heteroatoms. The van der Waals surface area contributed by atoms with Crippen LogP contribution in [-0.4, -0.2) is 33.4 Å². The second-order valence-corrected chi connectivity index (χ2v) is 6.68. The van der Waals surface area contributed by atoms with Gasteiger partial charge in [-0.15, -0.1) is 0 Å². The molecule has 0 aliphatic heterocycles. The van der Waals surface area contributed by atoms with Crippen LogP contribution < -0.4 is 19.5 Å². The van der Waals surface area contributed by atoms with Crippen LogP contribution in [0.1, 0.15) is 38.7 Å². The van der Waals surface area contributed by atoms with E-state index in [4.69, 9.17) is 14.2 Å². The van der Waals surface area contributed by atoms with Crippen molar-refractivity contribution in [1.82, 2.24) is 5.32 Å². The van der Waals surface area contributed by atoms with Crippen molar-refractivity contribution in [3.8, 4) is 17.2 Å². The van der Waals surface area contributed by atoms with E-state index in [0.717, 1.165) is 18.0 Å². The predicted octanol–water partition coefficient (Wildman–Crippen LogP) is 3.20. The fourth-order valence-corrected chi connectivity index (χ4v) is 2.63. The average molecular weight is 293 g/mol. The first-order valence-corrected chi connectivity index (χ1v) is 7.44. The van der Waals surface area contributed by atoms with Crippen molar-refractivity contribution >= 4 is 0 Å². The minimum absolute atomic E-state index is 0.162. The largest absolute Gasteiger partial charge is 0.496 e.